The molecular formula is C12H23N3O2. The average molecular weight is 241 g/mol. The molecule has 0 amide bonds. The lowest BCUT2D eigenvalue weighted by Crippen LogP contribution is -2.47. The molecule has 2 N–H and O–H groups in total. The molecule has 0 radical (unpaired) electrons. The summed E-state index contributed by atoms with van der Waals surface area (Å²) in [5, 5.41) is 6.73. The van der Waals surface area contributed by atoms with Crippen molar-refractivity contribution in [2.45, 2.75) is 25.8 Å². The van der Waals surface area contributed by atoms with Gasteiger partial charge in [0.2, 0.25) is 0 Å². The molecule has 0 aliphatic carbocycles. The van der Waals surface area contributed by atoms with Crippen molar-refractivity contribution in [3.8, 4) is 0 Å². The summed E-state index contributed by atoms with van der Waals surface area (Å²) in [6.45, 7) is 6.36. The van der Waals surface area contributed by atoms with Crippen molar-refractivity contribution in [2.24, 2.45) is 10.4 Å². The molecule has 5 nitrogen and oxygen atoms in total. The minimum Gasteiger partial charge on any atom is -0.384 e. The van der Waals surface area contributed by atoms with Crippen molar-refractivity contribution in [1.82, 2.24) is 10.6 Å². The summed E-state index contributed by atoms with van der Waals surface area (Å²) in [6, 6.07) is 0.450. The number of ether oxygens (including phenoxy) is 2. The van der Waals surface area contributed by atoms with E-state index in [9.17, 15) is 0 Å². The molecule has 2 rings (SSSR count). The number of rotatable bonds is 4. The molecule has 0 saturated carbocycles. The van der Waals surface area contributed by atoms with Gasteiger partial charge in [-0.05, 0) is 19.8 Å². The first kappa shape index (κ1) is 12.6. The van der Waals surface area contributed by atoms with E-state index in [-0.39, 0.29) is 5.41 Å². The Bertz CT molecular complexity index is 269. The maximum absolute atomic E-state index is 5.43. The van der Waals surface area contributed by atoms with E-state index in [1.807, 2.05) is 0 Å². The molecule has 2 aliphatic rings. The van der Waals surface area contributed by atoms with Crippen molar-refractivity contribution in [1.29, 1.82) is 0 Å². The van der Waals surface area contributed by atoms with Crippen LogP contribution in [0.25, 0.3) is 0 Å². The Morgan fingerprint density at radius 2 is 2.29 bits per heavy atom. The first-order valence-electron chi connectivity index (χ1n) is 6.36. The van der Waals surface area contributed by atoms with Gasteiger partial charge in [-0.15, -0.1) is 0 Å². The highest BCUT2D eigenvalue weighted by Gasteiger charge is 2.33. The van der Waals surface area contributed by atoms with Crippen LogP contribution in [0.15, 0.2) is 4.99 Å². The van der Waals surface area contributed by atoms with Crippen LogP contribution in [0.4, 0.5) is 0 Å². The Morgan fingerprint density at radius 3 is 2.88 bits per heavy atom. The van der Waals surface area contributed by atoms with Crippen LogP contribution < -0.4 is 10.6 Å². The number of aliphatic imine (C=N–C) groups is 1. The third kappa shape index (κ3) is 3.33. The number of nitrogens with zero attached hydrogens (tertiary/aromatic N) is 1. The fraction of sp³-hybridized carbons (Fsp3) is 0.917. The van der Waals surface area contributed by atoms with E-state index in [0.717, 1.165) is 51.7 Å². The van der Waals surface area contributed by atoms with Crippen LogP contribution >= 0.6 is 0 Å². The zero-order chi connectivity index (χ0) is 12.1. The molecule has 0 aromatic carbocycles. The predicted octanol–water partition coefficient (Wildman–Crippen LogP) is 0.367. The minimum atomic E-state index is 0.197. The largest absolute Gasteiger partial charge is 0.384 e. The Hall–Kier alpha value is -0.810. The van der Waals surface area contributed by atoms with E-state index in [0.29, 0.717) is 6.04 Å². The van der Waals surface area contributed by atoms with Crippen LogP contribution in [0, 0.1) is 5.41 Å². The van der Waals surface area contributed by atoms with Gasteiger partial charge in [0, 0.05) is 38.3 Å². The van der Waals surface area contributed by atoms with Gasteiger partial charge in [-0.3, -0.25) is 4.99 Å². The first-order chi connectivity index (χ1) is 8.24. The molecule has 1 saturated heterocycles. The molecule has 2 heterocycles. The van der Waals surface area contributed by atoms with Gasteiger partial charge < -0.3 is 20.1 Å². The highest BCUT2D eigenvalue weighted by Crippen LogP contribution is 2.29. The topological polar surface area (TPSA) is 54.9 Å². The Labute approximate surface area is 103 Å². The van der Waals surface area contributed by atoms with Crippen molar-refractivity contribution in [2.75, 3.05) is 40.0 Å². The molecule has 1 atom stereocenters. The zero-order valence-corrected chi connectivity index (χ0v) is 10.8. The molecule has 17 heavy (non-hydrogen) atoms. The summed E-state index contributed by atoms with van der Waals surface area (Å²) in [5.74, 6) is 0.930. The molecule has 98 valence electrons. The van der Waals surface area contributed by atoms with Gasteiger partial charge >= 0.3 is 0 Å². The number of methoxy groups -OCH3 is 1. The molecule has 0 bridgehead atoms. The van der Waals surface area contributed by atoms with Crippen LogP contribution in [0.5, 0.6) is 0 Å². The summed E-state index contributed by atoms with van der Waals surface area (Å²) < 4.78 is 10.8. The fourth-order valence-corrected chi connectivity index (χ4v) is 2.41. The zero-order valence-electron chi connectivity index (χ0n) is 10.8. The van der Waals surface area contributed by atoms with E-state index in [1.54, 1.807) is 7.11 Å². The van der Waals surface area contributed by atoms with Gasteiger partial charge in [0.1, 0.15) is 0 Å². The number of nitrogens with one attached hydrogen (secondary N) is 2. The van der Waals surface area contributed by atoms with Gasteiger partial charge in [-0.2, -0.15) is 0 Å². The lowest BCUT2D eigenvalue weighted by atomic mass is 9.81. The number of hydrogen-bond donors (Lipinski definition) is 2. The third-order valence-corrected chi connectivity index (χ3v) is 3.54. The highest BCUT2D eigenvalue weighted by molar-refractivity contribution is 5.81. The number of guanidine groups is 1. The average Bonchev–Trinajstić information content (AvgIpc) is 2.75. The van der Waals surface area contributed by atoms with E-state index in [4.69, 9.17) is 9.47 Å². The van der Waals surface area contributed by atoms with Crippen LogP contribution in [0.2, 0.25) is 0 Å². The van der Waals surface area contributed by atoms with Gasteiger partial charge in [0.15, 0.2) is 5.96 Å². The van der Waals surface area contributed by atoms with Crippen molar-refractivity contribution >= 4 is 5.96 Å². The van der Waals surface area contributed by atoms with Crippen molar-refractivity contribution in [3.05, 3.63) is 0 Å². The smallest absolute Gasteiger partial charge is 0.191 e. The Morgan fingerprint density at radius 1 is 1.53 bits per heavy atom. The van der Waals surface area contributed by atoms with Crippen LogP contribution in [-0.2, 0) is 9.47 Å². The summed E-state index contributed by atoms with van der Waals surface area (Å²) in [6.07, 6.45) is 2.10. The van der Waals surface area contributed by atoms with E-state index >= 15 is 0 Å². The molecule has 0 aromatic rings. The van der Waals surface area contributed by atoms with Crippen molar-refractivity contribution in [3.63, 3.8) is 0 Å². The SMILES string of the molecule is COCC1(CNC2=NCC(C)N2)CCOCC1. The summed E-state index contributed by atoms with van der Waals surface area (Å²) in [4.78, 5) is 4.41. The fourth-order valence-electron chi connectivity index (χ4n) is 2.41. The molecular weight excluding hydrogens is 218 g/mol. The number of hydrogen-bond acceptors (Lipinski definition) is 5. The van der Waals surface area contributed by atoms with Gasteiger partial charge in [-0.1, -0.05) is 0 Å². The van der Waals surface area contributed by atoms with Crippen LogP contribution in [0.1, 0.15) is 19.8 Å². The Kier molecular flexibility index (Phi) is 4.23. The molecule has 0 spiro atoms. The molecule has 0 aromatic heterocycles. The molecule has 5 heteroatoms. The van der Waals surface area contributed by atoms with Gasteiger partial charge in [0.25, 0.3) is 0 Å². The quantitative estimate of drug-likeness (QED) is 0.746. The monoisotopic (exact) mass is 241 g/mol. The lowest BCUT2D eigenvalue weighted by Gasteiger charge is -2.36. The summed E-state index contributed by atoms with van der Waals surface area (Å²) >= 11 is 0. The van der Waals surface area contributed by atoms with E-state index < -0.39 is 0 Å². The highest BCUT2D eigenvalue weighted by atomic mass is 16.5. The molecule has 2 aliphatic heterocycles. The molecule has 1 unspecified atom stereocenters. The van der Waals surface area contributed by atoms with E-state index in [1.165, 1.54) is 0 Å². The second-order valence-electron chi connectivity index (χ2n) is 5.13. The summed E-state index contributed by atoms with van der Waals surface area (Å²) in [7, 11) is 1.77. The predicted molar refractivity (Wildman–Crippen MR) is 67.3 cm³/mol. The maximum atomic E-state index is 5.43. The second kappa shape index (κ2) is 5.69. The van der Waals surface area contributed by atoms with Crippen LogP contribution in [0.3, 0.4) is 0 Å². The maximum Gasteiger partial charge on any atom is 0.191 e. The lowest BCUT2D eigenvalue weighted by molar-refractivity contribution is -0.0248. The van der Waals surface area contributed by atoms with E-state index in [2.05, 4.69) is 22.5 Å². The van der Waals surface area contributed by atoms with Crippen molar-refractivity contribution < 1.29 is 9.47 Å². The molecule has 1 fully saturated rings. The normalized spacial score (nSPS) is 27.4. The Balaban J connectivity index is 1.85. The van der Waals surface area contributed by atoms with Crippen LogP contribution in [-0.4, -0.2) is 52.0 Å². The second-order valence-corrected chi connectivity index (χ2v) is 5.13. The van der Waals surface area contributed by atoms with Gasteiger partial charge in [0.05, 0.1) is 13.2 Å². The minimum absolute atomic E-state index is 0.197. The summed E-state index contributed by atoms with van der Waals surface area (Å²) in [5.41, 5.74) is 0.197. The van der Waals surface area contributed by atoms with Gasteiger partial charge in [-0.25, -0.2) is 0 Å². The first-order valence-corrected chi connectivity index (χ1v) is 6.36. The standard InChI is InChI=1S/C12H23N3O2/c1-10-7-13-11(15-10)14-8-12(9-16-2)3-5-17-6-4-12/h10H,3-9H2,1-2H3,(H2,13,14,15). The third-order valence-electron chi connectivity index (χ3n) is 3.54.